The number of benzene rings is 1. The van der Waals surface area contributed by atoms with Crippen LogP contribution < -0.4 is 4.74 Å². The molecule has 19 heavy (non-hydrogen) atoms. The molecule has 0 aliphatic heterocycles. The van der Waals surface area contributed by atoms with Crippen LogP contribution >= 0.6 is 11.6 Å². The number of nitriles is 1. The van der Waals surface area contributed by atoms with Gasteiger partial charge in [-0.3, -0.25) is 0 Å². The second-order valence-electron chi connectivity index (χ2n) is 5.90. The Morgan fingerprint density at radius 2 is 2.26 bits per heavy atom. The van der Waals surface area contributed by atoms with Crippen LogP contribution in [-0.4, -0.2) is 16.8 Å². The standard InChI is InChI=1S/C15H16ClNO2/c1-15(18)7-10-4-11(15)5-14(10)19-12-3-2-9(8-17)13(16)6-12/h2-3,6,10-11,14,18H,4-5,7H2,1H3/t10-,11-,14?,15?/m0/s1. The summed E-state index contributed by atoms with van der Waals surface area (Å²) in [5.74, 6) is 1.48. The molecule has 2 bridgehead atoms. The Hall–Kier alpha value is -1.24. The Kier molecular flexibility index (Phi) is 2.96. The molecule has 0 radical (unpaired) electrons. The van der Waals surface area contributed by atoms with Gasteiger partial charge in [0.15, 0.2) is 0 Å². The van der Waals surface area contributed by atoms with Crippen molar-refractivity contribution < 1.29 is 9.84 Å². The highest BCUT2D eigenvalue weighted by atomic mass is 35.5. The van der Waals surface area contributed by atoms with Gasteiger partial charge in [-0.15, -0.1) is 0 Å². The SMILES string of the molecule is CC1(O)C[C@@H]2C[C@H]1CC2Oc1ccc(C#N)c(Cl)c1. The van der Waals surface area contributed by atoms with Crippen molar-refractivity contribution in [1.29, 1.82) is 5.26 Å². The first-order chi connectivity index (χ1) is 8.99. The van der Waals surface area contributed by atoms with Gasteiger partial charge in [-0.25, -0.2) is 0 Å². The molecule has 1 aromatic carbocycles. The lowest BCUT2D eigenvalue weighted by Gasteiger charge is -2.32. The zero-order valence-electron chi connectivity index (χ0n) is 10.8. The molecule has 2 unspecified atom stereocenters. The van der Waals surface area contributed by atoms with Crippen LogP contribution in [0.5, 0.6) is 5.75 Å². The Bertz CT molecular complexity index is 550. The summed E-state index contributed by atoms with van der Waals surface area (Å²) >= 11 is 6.00. The number of aliphatic hydroxyl groups is 1. The van der Waals surface area contributed by atoms with Crippen molar-refractivity contribution in [1.82, 2.24) is 0 Å². The number of hydrogen-bond donors (Lipinski definition) is 1. The number of nitrogens with zero attached hydrogens (tertiary/aromatic N) is 1. The first-order valence-corrected chi connectivity index (χ1v) is 6.96. The zero-order chi connectivity index (χ0) is 13.6. The number of ether oxygens (including phenoxy) is 1. The van der Waals surface area contributed by atoms with Crippen molar-refractivity contribution in [3.63, 3.8) is 0 Å². The maximum absolute atomic E-state index is 10.2. The van der Waals surface area contributed by atoms with E-state index >= 15 is 0 Å². The molecule has 3 rings (SSSR count). The molecule has 0 aromatic heterocycles. The minimum absolute atomic E-state index is 0.161. The Balaban J connectivity index is 1.71. The number of hydrogen-bond acceptors (Lipinski definition) is 3. The molecule has 4 atom stereocenters. The van der Waals surface area contributed by atoms with E-state index in [4.69, 9.17) is 21.6 Å². The molecule has 2 saturated carbocycles. The monoisotopic (exact) mass is 277 g/mol. The van der Waals surface area contributed by atoms with Crippen molar-refractivity contribution in [2.75, 3.05) is 0 Å². The summed E-state index contributed by atoms with van der Waals surface area (Å²) < 4.78 is 5.98. The Morgan fingerprint density at radius 3 is 2.79 bits per heavy atom. The third-order valence-corrected chi connectivity index (χ3v) is 4.85. The van der Waals surface area contributed by atoms with E-state index < -0.39 is 5.60 Å². The van der Waals surface area contributed by atoms with Crippen molar-refractivity contribution >= 4 is 11.6 Å². The average molecular weight is 278 g/mol. The topological polar surface area (TPSA) is 53.2 Å². The number of halogens is 1. The third kappa shape index (κ3) is 2.20. The normalized spacial score (nSPS) is 36.2. The second-order valence-corrected chi connectivity index (χ2v) is 6.31. The van der Waals surface area contributed by atoms with E-state index in [1.54, 1.807) is 18.2 Å². The third-order valence-electron chi connectivity index (χ3n) is 4.53. The number of fused-ring (bicyclic) bond motifs is 2. The smallest absolute Gasteiger partial charge is 0.121 e. The molecule has 0 spiro atoms. The fourth-order valence-electron chi connectivity index (χ4n) is 3.49. The second kappa shape index (κ2) is 4.40. The minimum Gasteiger partial charge on any atom is -0.490 e. The summed E-state index contributed by atoms with van der Waals surface area (Å²) in [6.45, 7) is 1.92. The van der Waals surface area contributed by atoms with Gasteiger partial charge in [0.2, 0.25) is 0 Å². The van der Waals surface area contributed by atoms with Crippen LogP contribution in [0.4, 0.5) is 0 Å². The van der Waals surface area contributed by atoms with E-state index in [2.05, 4.69) is 0 Å². The van der Waals surface area contributed by atoms with Crippen LogP contribution in [0.2, 0.25) is 5.02 Å². The molecular weight excluding hydrogens is 262 g/mol. The molecule has 0 amide bonds. The fraction of sp³-hybridized carbons (Fsp3) is 0.533. The van der Waals surface area contributed by atoms with E-state index in [9.17, 15) is 5.11 Å². The molecule has 2 aliphatic carbocycles. The van der Waals surface area contributed by atoms with Gasteiger partial charge in [0.05, 0.1) is 16.2 Å². The quantitative estimate of drug-likeness (QED) is 0.903. The van der Waals surface area contributed by atoms with E-state index in [0.717, 1.165) is 19.3 Å². The van der Waals surface area contributed by atoms with E-state index in [0.29, 0.717) is 28.2 Å². The molecule has 2 aliphatic rings. The summed E-state index contributed by atoms with van der Waals surface area (Å²) in [6, 6.07) is 7.20. The minimum atomic E-state index is -0.521. The van der Waals surface area contributed by atoms with Crippen LogP contribution in [-0.2, 0) is 0 Å². The Labute approximate surface area is 117 Å². The van der Waals surface area contributed by atoms with Gasteiger partial charge in [-0.05, 0) is 50.2 Å². The van der Waals surface area contributed by atoms with Gasteiger partial charge in [-0.1, -0.05) is 11.6 Å². The maximum Gasteiger partial charge on any atom is 0.121 e. The fourth-order valence-corrected chi connectivity index (χ4v) is 3.70. The highest BCUT2D eigenvalue weighted by molar-refractivity contribution is 6.31. The van der Waals surface area contributed by atoms with Crippen LogP contribution in [0, 0.1) is 23.2 Å². The molecule has 0 saturated heterocycles. The molecule has 4 heteroatoms. The van der Waals surface area contributed by atoms with Gasteiger partial charge in [0, 0.05) is 6.07 Å². The van der Waals surface area contributed by atoms with E-state index in [1.165, 1.54) is 0 Å². The van der Waals surface area contributed by atoms with Crippen molar-refractivity contribution in [3.05, 3.63) is 28.8 Å². The van der Waals surface area contributed by atoms with Gasteiger partial charge < -0.3 is 9.84 Å². The first-order valence-electron chi connectivity index (χ1n) is 6.58. The van der Waals surface area contributed by atoms with Gasteiger partial charge in [0.25, 0.3) is 0 Å². The average Bonchev–Trinajstić information content (AvgIpc) is 2.85. The van der Waals surface area contributed by atoms with Crippen molar-refractivity contribution in [2.45, 2.75) is 37.9 Å². The molecule has 0 heterocycles. The molecular formula is C15H16ClNO2. The van der Waals surface area contributed by atoms with E-state index in [1.807, 2.05) is 13.0 Å². The van der Waals surface area contributed by atoms with Crippen molar-refractivity contribution in [3.8, 4) is 11.8 Å². The lowest BCUT2D eigenvalue weighted by atomic mass is 9.84. The summed E-state index contributed by atoms with van der Waals surface area (Å²) in [7, 11) is 0. The van der Waals surface area contributed by atoms with Crippen molar-refractivity contribution in [2.24, 2.45) is 11.8 Å². The summed E-state index contributed by atoms with van der Waals surface area (Å²) in [5.41, 5.74) is -0.0581. The lowest BCUT2D eigenvalue weighted by Crippen LogP contribution is -2.37. The molecule has 2 fully saturated rings. The van der Waals surface area contributed by atoms with Crippen LogP contribution in [0.25, 0.3) is 0 Å². The predicted molar refractivity (Wildman–Crippen MR) is 72.0 cm³/mol. The van der Waals surface area contributed by atoms with Crippen LogP contribution in [0.3, 0.4) is 0 Å². The molecule has 1 N–H and O–H groups in total. The predicted octanol–water partition coefficient (Wildman–Crippen LogP) is 3.14. The first kappa shape index (κ1) is 12.8. The maximum atomic E-state index is 10.2. The van der Waals surface area contributed by atoms with E-state index in [-0.39, 0.29) is 6.10 Å². The zero-order valence-corrected chi connectivity index (χ0v) is 11.5. The largest absolute Gasteiger partial charge is 0.490 e. The molecule has 1 aromatic rings. The summed E-state index contributed by atoms with van der Waals surface area (Å²) in [6.07, 6.45) is 2.91. The number of rotatable bonds is 2. The molecule has 100 valence electrons. The van der Waals surface area contributed by atoms with Gasteiger partial charge in [-0.2, -0.15) is 5.26 Å². The highest BCUT2D eigenvalue weighted by Gasteiger charge is 2.52. The highest BCUT2D eigenvalue weighted by Crippen LogP contribution is 2.51. The van der Waals surface area contributed by atoms with Crippen LogP contribution in [0.1, 0.15) is 31.7 Å². The molecule has 3 nitrogen and oxygen atoms in total. The van der Waals surface area contributed by atoms with Gasteiger partial charge in [0.1, 0.15) is 17.9 Å². The summed E-state index contributed by atoms with van der Waals surface area (Å²) in [5, 5.41) is 19.4. The Morgan fingerprint density at radius 1 is 1.47 bits per heavy atom. The summed E-state index contributed by atoms with van der Waals surface area (Å²) in [4.78, 5) is 0. The van der Waals surface area contributed by atoms with Gasteiger partial charge >= 0.3 is 0 Å². The van der Waals surface area contributed by atoms with Crippen LogP contribution in [0.15, 0.2) is 18.2 Å². The lowest BCUT2D eigenvalue weighted by molar-refractivity contribution is -0.0224.